The molecule has 5 rings (SSSR count). The molecule has 3 aromatic heterocycles. The number of aryl methyl sites for hydroxylation is 2. The third-order valence-corrected chi connectivity index (χ3v) is 7.06. The van der Waals surface area contributed by atoms with Crippen LogP contribution < -0.4 is 21.1 Å². The van der Waals surface area contributed by atoms with E-state index in [0.29, 0.717) is 38.5 Å². The molecule has 1 aromatic carbocycles. The van der Waals surface area contributed by atoms with Crippen molar-refractivity contribution in [1.82, 2.24) is 24.9 Å². The minimum atomic E-state index is 0.118. The predicted octanol–water partition coefficient (Wildman–Crippen LogP) is 3.70. The smallest absolute Gasteiger partial charge is 0.196 e. The number of anilines is 2. The normalized spacial score (nSPS) is 16.3. The molecule has 0 saturated carbocycles. The van der Waals surface area contributed by atoms with Gasteiger partial charge in [-0.1, -0.05) is 18.5 Å². The first kappa shape index (κ1) is 22.0. The van der Waals surface area contributed by atoms with Crippen LogP contribution in [0.1, 0.15) is 24.9 Å². The molecular weight excluding hydrogens is 460 g/mol. The predicted molar refractivity (Wildman–Crippen MR) is 132 cm³/mol. The fourth-order valence-corrected chi connectivity index (χ4v) is 5.42. The minimum Gasteiger partial charge on any atom is -0.496 e. The molecule has 0 bridgehead atoms. The average Bonchev–Trinajstić information content (AvgIpc) is 3.35. The van der Waals surface area contributed by atoms with Gasteiger partial charge < -0.3 is 26.1 Å². The lowest BCUT2D eigenvalue weighted by molar-refractivity contribution is 0.419. The summed E-state index contributed by atoms with van der Waals surface area (Å²) < 4.78 is 5.59. The van der Waals surface area contributed by atoms with E-state index in [9.17, 15) is 0 Å². The van der Waals surface area contributed by atoms with E-state index in [2.05, 4.69) is 26.8 Å². The first-order valence-corrected chi connectivity index (χ1v) is 12.0. The Morgan fingerprint density at radius 3 is 2.76 bits per heavy atom. The van der Waals surface area contributed by atoms with Crippen molar-refractivity contribution in [2.24, 2.45) is 5.73 Å². The zero-order valence-corrected chi connectivity index (χ0v) is 20.2. The number of aromatic nitrogens is 5. The summed E-state index contributed by atoms with van der Waals surface area (Å²) in [6.45, 7) is 5.44. The standard InChI is InChI=1S/C22H25ClN8OS/c1-4-13-18(23)17-20(28-13)29-22(30-21(17)31-6-5-11(24)9-31)33-12-7-14-16(15(8-12)32-3)19(25)27-10(2)26-14/h7-8,11H,4-6,9,24H2,1-3H3,(H2,25,26,27)(H,28,29,30)/t11-/m0/s1. The van der Waals surface area contributed by atoms with Gasteiger partial charge in [0.25, 0.3) is 0 Å². The number of fused-ring (bicyclic) bond motifs is 2. The van der Waals surface area contributed by atoms with Crippen LogP contribution in [-0.4, -0.2) is 51.2 Å². The molecule has 11 heteroatoms. The molecule has 5 N–H and O–H groups in total. The Kier molecular flexibility index (Phi) is 5.67. The third-order valence-electron chi connectivity index (χ3n) is 5.81. The second kappa shape index (κ2) is 8.51. The topological polar surface area (TPSA) is 132 Å². The summed E-state index contributed by atoms with van der Waals surface area (Å²) >= 11 is 8.14. The quantitative estimate of drug-likeness (QED) is 0.362. The molecule has 1 atom stereocenters. The van der Waals surface area contributed by atoms with Crippen molar-refractivity contribution in [2.45, 2.75) is 42.8 Å². The second-order valence-corrected chi connectivity index (χ2v) is 9.52. The summed E-state index contributed by atoms with van der Waals surface area (Å²) in [6.07, 6.45) is 1.69. The molecule has 1 aliphatic rings. The Morgan fingerprint density at radius 2 is 2.06 bits per heavy atom. The highest BCUT2D eigenvalue weighted by molar-refractivity contribution is 7.99. The molecule has 4 heterocycles. The van der Waals surface area contributed by atoms with E-state index >= 15 is 0 Å². The molecule has 4 aromatic rings. The van der Waals surface area contributed by atoms with E-state index in [1.165, 1.54) is 11.8 Å². The fraction of sp³-hybridized carbons (Fsp3) is 0.364. The van der Waals surface area contributed by atoms with Gasteiger partial charge >= 0.3 is 0 Å². The van der Waals surface area contributed by atoms with Crippen molar-refractivity contribution in [3.05, 3.63) is 28.7 Å². The van der Waals surface area contributed by atoms with Gasteiger partial charge in [0.15, 0.2) is 5.16 Å². The maximum absolute atomic E-state index is 6.71. The number of benzene rings is 1. The fourth-order valence-electron chi connectivity index (χ4n) is 4.24. The molecule has 1 aliphatic heterocycles. The van der Waals surface area contributed by atoms with Crippen LogP contribution >= 0.6 is 23.4 Å². The Hall–Kier alpha value is -2.82. The zero-order valence-electron chi connectivity index (χ0n) is 18.6. The van der Waals surface area contributed by atoms with Gasteiger partial charge in [-0.3, -0.25) is 0 Å². The van der Waals surface area contributed by atoms with E-state index in [4.69, 9.17) is 37.8 Å². The van der Waals surface area contributed by atoms with Crippen molar-refractivity contribution in [3.63, 3.8) is 0 Å². The third kappa shape index (κ3) is 3.92. The lowest BCUT2D eigenvalue weighted by atomic mass is 10.2. The van der Waals surface area contributed by atoms with Gasteiger partial charge in [0.05, 0.1) is 28.4 Å². The van der Waals surface area contributed by atoms with Crippen LogP contribution in [-0.2, 0) is 6.42 Å². The number of ether oxygens (including phenoxy) is 1. The van der Waals surface area contributed by atoms with Gasteiger partial charge in [-0.25, -0.2) is 19.9 Å². The monoisotopic (exact) mass is 484 g/mol. The van der Waals surface area contributed by atoms with Crippen molar-refractivity contribution in [1.29, 1.82) is 0 Å². The Bertz CT molecular complexity index is 1370. The maximum atomic E-state index is 6.71. The maximum Gasteiger partial charge on any atom is 0.196 e. The minimum absolute atomic E-state index is 0.118. The molecule has 0 amide bonds. The van der Waals surface area contributed by atoms with E-state index in [0.717, 1.165) is 53.4 Å². The van der Waals surface area contributed by atoms with Gasteiger partial charge in [0, 0.05) is 29.7 Å². The number of hydrogen-bond acceptors (Lipinski definition) is 9. The van der Waals surface area contributed by atoms with Gasteiger partial charge in [0.2, 0.25) is 0 Å². The zero-order chi connectivity index (χ0) is 23.3. The summed E-state index contributed by atoms with van der Waals surface area (Å²) in [5.74, 6) is 2.41. The number of aromatic amines is 1. The van der Waals surface area contributed by atoms with Crippen molar-refractivity contribution in [3.8, 4) is 5.75 Å². The van der Waals surface area contributed by atoms with Crippen molar-refractivity contribution in [2.75, 3.05) is 30.8 Å². The number of nitrogen functional groups attached to an aromatic ring is 1. The van der Waals surface area contributed by atoms with Crippen molar-refractivity contribution >= 4 is 56.9 Å². The number of nitrogens with zero attached hydrogens (tertiary/aromatic N) is 5. The van der Waals surface area contributed by atoms with Gasteiger partial charge in [-0.2, -0.15) is 0 Å². The highest BCUT2D eigenvalue weighted by atomic mass is 35.5. The summed E-state index contributed by atoms with van der Waals surface area (Å²) in [7, 11) is 1.60. The van der Waals surface area contributed by atoms with Gasteiger partial charge in [-0.15, -0.1) is 0 Å². The van der Waals surface area contributed by atoms with E-state index in [-0.39, 0.29) is 6.04 Å². The second-order valence-electron chi connectivity index (χ2n) is 8.10. The highest BCUT2D eigenvalue weighted by Crippen LogP contribution is 2.39. The summed E-state index contributed by atoms with van der Waals surface area (Å²) in [5, 5.41) is 2.81. The molecule has 33 heavy (non-hydrogen) atoms. The van der Waals surface area contributed by atoms with E-state index in [1.807, 2.05) is 19.1 Å². The van der Waals surface area contributed by atoms with Crippen LogP contribution in [0.25, 0.3) is 21.9 Å². The first-order chi connectivity index (χ1) is 15.9. The first-order valence-electron chi connectivity index (χ1n) is 10.8. The molecule has 1 saturated heterocycles. The Morgan fingerprint density at radius 1 is 1.24 bits per heavy atom. The molecule has 0 radical (unpaired) electrons. The van der Waals surface area contributed by atoms with Crippen LogP contribution in [0, 0.1) is 6.92 Å². The van der Waals surface area contributed by atoms with Crippen LogP contribution in [0.4, 0.5) is 11.6 Å². The molecule has 1 fully saturated rings. The van der Waals surface area contributed by atoms with Crippen LogP contribution in [0.15, 0.2) is 22.2 Å². The lowest BCUT2D eigenvalue weighted by Gasteiger charge is -2.18. The highest BCUT2D eigenvalue weighted by Gasteiger charge is 2.26. The van der Waals surface area contributed by atoms with Gasteiger partial charge in [0.1, 0.15) is 28.9 Å². The number of nitrogens with one attached hydrogen (secondary N) is 1. The van der Waals surface area contributed by atoms with Crippen molar-refractivity contribution < 1.29 is 4.74 Å². The number of nitrogens with two attached hydrogens (primary N) is 2. The van der Waals surface area contributed by atoms with Crippen LogP contribution in [0.5, 0.6) is 5.75 Å². The van der Waals surface area contributed by atoms with Crippen LogP contribution in [0.2, 0.25) is 5.02 Å². The summed E-state index contributed by atoms with van der Waals surface area (Å²) in [5.41, 5.74) is 14.7. The number of methoxy groups -OCH3 is 1. The molecular formula is C22H25ClN8OS. The molecule has 172 valence electrons. The molecule has 0 unspecified atom stereocenters. The number of halogens is 1. The molecule has 0 spiro atoms. The number of hydrogen-bond donors (Lipinski definition) is 3. The number of rotatable bonds is 5. The Labute approximate surface area is 200 Å². The molecule has 9 nitrogen and oxygen atoms in total. The largest absolute Gasteiger partial charge is 0.496 e. The molecule has 0 aliphatic carbocycles. The van der Waals surface area contributed by atoms with Gasteiger partial charge in [-0.05, 0) is 43.7 Å². The number of H-pyrrole nitrogens is 1. The SMILES string of the molecule is CCc1[nH]c2nc(Sc3cc(OC)c4c(N)nc(C)nc4c3)nc(N3CC[C@H](N)C3)c2c1Cl. The average molecular weight is 485 g/mol. The van der Waals surface area contributed by atoms with E-state index in [1.54, 1.807) is 7.11 Å². The Balaban J connectivity index is 1.63. The summed E-state index contributed by atoms with van der Waals surface area (Å²) in [4.78, 5) is 24.9. The lowest BCUT2D eigenvalue weighted by Crippen LogP contribution is -2.27. The summed E-state index contributed by atoms with van der Waals surface area (Å²) in [6, 6.07) is 3.97. The van der Waals surface area contributed by atoms with E-state index < -0.39 is 0 Å². The van der Waals surface area contributed by atoms with Crippen LogP contribution in [0.3, 0.4) is 0 Å².